The van der Waals surface area contributed by atoms with Gasteiger partial charge in [0.25, 0.3) is 0 Å². The van der Waals surface area contributed by atoms with Crippen molar-refractivity contribution in [2.24, 2.45) is 0 Å². The zero-order valence-electron chi connectivity index (χ0n) is 15.0. The molecule has 3 aromatic rings. The lowest BCUT2D eigenvalue weighted by Gasteiger charge is -2.39. The largest absolute Gasteiger partial charge is 0.317 e. The highest BCUT2D eigenvalue weighted by Gasteiger charge is 2.35. The number of rotatable bonds is 3. The van der Waals surface area contributed by atoms with Crippen LogP contribution in [0.25, 0.3) is 11.1 Å². The molecule has 3 nitrogen and oxygen atoms in total. The van der Waals surface area contributed by atoms with Crippen LogP contribution in [0.3, 0.4) is 0 Å². The maximum Gasteiger partial charge on any atom is 0.0568 e. The van der Waals surface area contributed by atoms with E-state index in [0.29, 0.717) is 0 Å². The third kappa shape index (κ3) is 2.89. The summed E-state index contributed by atoms with van der Waals surface area (Å²) in [5.74, 6) is 0. The molecule has 4 rings (SSSR count). The number of hydrogen-bond donors (Lipinski definition) is 2. The molecule has 0 atom stereocenters. The van der Waals surface area contributed by atoms with Gasteiger partial charge in [-0.05, 0) is 56.5 Å². The van der Waals surface area contributed by atoms with Gasteiger partial charge in [-0.25, -0.2) is 0 Å². The van der Waals surface area contributed by atoms with Crippen LogP contribution in [0.1, 0.15) is 35.2 Å². The van der Waals surface area contributed by atoms with Crippen molar-refractivity contribution in [3.8, 4) is 11.1 Å². The molecule has 1 saturated heterocycles. The number of aryl methyl sites for hydroxylation is 2. The van der Waals surface area contributed by atoms with Gasteiger partial charge in [-0.1, -0.05) is 54.1 Å². The van der Waals surface area contributed by atoms with Crippen molar-refractivity contribution in [3.05, 3.63) is 77.1 Å². The summed E-state index contributed by atoms with van der Waals surface area (Å²) in [6.07, 6.45) is 4.19. The van der Waals surface area contributed by atoms with Crippen molar-refractivity contribution in [2.75, 3.05) is 13.1 Å². The summed E-state index contributed by atoms with van der Waals surface area (Å²) in [6.45, 7) is 6.35. The minimum atomic E-state index is 0.114. The molecule has 0 amide bonds. The molecule has 2 aromatic carbocycles. The normalized spacial score (nSPS) is 16.7. The van der Waals surface area contributed by atoms with Gasteiger partial charge in [-0.2, -0.15) is 5.10 Å². The summed E-state index contributed by atoms with van der Waals surface area (Å²) in [5, 5.41) is 10.7. The molecular formula is C22H25N3. The fourth-order valence-electron chi connectivity index (χ4n) is 4.08. The summed E-state index contributed by atoms with van der Waals surface area (Å²) >= 11 is 0. The lowest BCUT2D eigenvalue weighted by atomic mass is 9.68. The van der Waals surface area contributed by atoms with E-state index in [1.807, 2.05) is 6.20 Å². The summed E-state index contributed by atoms with van der Waals surface area (Å²) < 4.78 is 0. The van der Waals surface area contributed by atoms with Crippen LogP contribution in [-0.2, 0) is 5.41 Å². The maximum atomic E-state index is 4.15. The minimum absolute atomic E-state index is 0.114. The number of aromatic amines is 1. The highest BCUT2D eigenvalue weighted by Crippen LogP contribution is 2.41. The quantitative estimate of drug-likeness (QED) is 0.748. The van der Waals surface area contributed by atoms with Gasteiger partial charge in [-0.15, -0.1) is 0 Å². The molecule has 3 heteroatoms. The topological polar surface area (TPSA) is 40.7 Å². The van der Waals surface area contributed by atoms with E-state index in [9.17, 15) is 0 Å². The number of aromatic nitrogens is 2. The molecule has 0 radical (unpaired) electrons. The van der Waals surface area contributed by atoms with Gasteiger partial charge in [0.1, 0.15) is 0 Å². The van der Waals surface area contributed by atoms with Crippen molar-refractivity contribution >= 4 is 0 Å². The third-order valence-electron chi connectivity index (χ3n) is 5.64. The SMILES string of the molecule is Cc1ccc(C2(c3ccc(-c4cn[nH]c4C)cc3)CCNCC2)cc1. The van der Waals surface area contributed by atoms with Crippen molar-refractivity contribution in [1.82, 2.24) is 15.5 Å². The molecule has 0 spiro atoms. The molecule has 1 fully saturated rings. The Bertz CT molecular complexity index is 838. The monoisotopic (exact) mass is 331 g/mol. The van der Waals surface area contributed by atoms with Crippen LogP contribution in [0.2, 0.25) is 0 Å². The first-order valence-electron chi connectivity index (χ1n) is 9.08. The Hall–Kier alpha value is -2.39. The Morgan fingerprint density at radius 3 is 2.00 bits per heavy atom. The summed E-state index contributed by atoms with van der Waals surface area (Å²) in [5.41, 5.74) is 7.81. The van der Waals surface area contributed by atoms with Gasteiger partial charge in [0.05, 0.1) is 6.20 Å². The Morgan fingerprint density at radius 2 is 1.44 bits per heavy atom. The molecule has 0 bridgehead atoms. The highest BCUT2D eigenvalue weighted by molar-refractivity contribution is 5.65. The number of benzene rings is 2. The van der Waals surface area contributed by atoms with Gasteiger partial charge in [0.15, 0.2) is 0 Å². The van der Waals surface area contributed by atoms with Crippen molar-refractivity contribution < 1.29 is 0 Å². The average Bonchev–Trinajstić information content (AvgIpc) is 3.09. The molecule has 1 aliphatic rings. The number of piperidine rings is 1. The van der Waals surface area contributed by atoms with E-state index < -0.39 is 0 Å². The van der Waals surface area contributed by atoms with Crippen LogP contribution in [0, 0.1) is 13.8 Å². The van der Waals surface area contributed by atoms with E-state index in [2.05, 4.69) is 77.9 Å². The van der Waals surface area contributed by atoms with Gasteiger partial charge in [-0.3, -0.25) is 5.10 Å². The molecule has 25 heavy (non-hydrogen) atoms. The second kappa shape index (κ2) is 6.49. The van der Waals surface area contributed by atoms with E-state index in [-0.39, 0.29) is 5.41 Å². The summed E-state index contributed by atoms with van der Waals surface area (Å²) in [4.78, 5) is 0. The Morgan fingerprint density at radius 1 is 0.840 bits per heavy atom. The van der Waals surface area contributed by atoms with Crippen molar-refractivity contribution in [2.45, 2.75) is 32.1 Å². The Balaban J connectivity index is 1.75. The number of nitrogens with zero attached hydrogens (tertiary/aromatic N) is 1. The Labute approximate surface area is 149 Å². The molecule has 128 valence electrons. The number of hydrogen-bond acceptors (Lipinski definition) is 2. The van der Waals surface area contributed by atoms with E-state index >= 15 is 0 Å². The van der Waals surface area contributed by atoms with Crippen LogP contribution >= 0.6 is 0 Å². The molecule has 1 aromatic heterocycles. The lowest BCUT2D eigenvalue weighted by Crippen LogP contribution is -2.40. The molecule has 2 heterocycles. The van der Waals surface area contributed by atoms with Gasteiger partial charge >= 0.3 is 0 Å². The fraction of sp³-hybridized carbons (Fsp3) is 0.318. The first-order valence-corrected chi connectivity index (χ1v) is 9.08. The van der Waals surface area contributed by atoms with Gasteiger partial charge in [0, 0.05) is 16.7 Å². The standard InChI is InChI=1S/C22H25N3/c1-16-3-7-19(8-4-16)22(11-13-23-14-12-22)20-9-5-18(6-10-20)21-15-24-25-17(21)2/h3-10,15,23H,11-14H2,1-2H3,(H,24,25). The molecule has 0 saturated carbocycles. The van der Waals surface area contributed by atoms with Crippen molar-refractivity contribution in [1.29, 1.82) is 0 Å². The second-order valence-corrected chi connectivity index (χ2v) is 7.18. The zero-order chi connectivity index (χ0) is 17.3. The molecule has 0 aliphatic carbocycles. The molecule has 1 aliphatic heterocycles. The molecule has 0 unspecified atom stereocenters. The van der Waals surface area contributed by atoms with Crippen LogP contribution in [0.4, 0.5) is 0 Å². The highest BCUT2D eigenvalue weighted by atomic mass is 15.1. The zero-order valence-corrected chi connectivity index (χ0v) is 15.0. The maximum absolute atomic E-state index is 4.15. The second-order valence-electron chi connectivity index (χ2n) is 7.18. The average molecular weight is 331 g/mol. The minimum Gasteiger partial charge on any atom is -0.317 e. The van der Waals surface area contributed by atoms with Crippen LogP contribution < -0.4 is 5.32 Å². The molecule has 2 N–H and O–H groups in total. The number of H-pyrrole nitrogens is 1. The lowest BCUT2D eigenvalue weighted by molar-refractivity contribution is 0.362. The fourth-order valence-corrected chi connectivity index (χ4v) is 4.08. The summed E-state index contributed by atoms with van der Waals surface area (Å²) in [6, 6.07) is 18.2. The van der Waals surface area contributed by atoms with Crippen LogP contribution in [0.15, 0.2) is 54.7 Å². The van der Waals surface area contributed by atoms with Crippen LogP contribution in [-0.4, -0.2) is 23.3 Å². The van der Waals surface area contributed by atoms with Crippen molar-refractivity contribution in [3.63, 3.8) is 0 Å². The number of nitrogens with one attached hydrogen (secondary N) is 2. The van der Waals surface area contributed by atoms with E-state index in [0.717, 1.165) is 31.6 Å². The van der Waals surface area contributed by atoms with Gasteiger partial charge in [0.2, 0.25) is 0 Å². The third-order valence-corrected chi connectivity index (χ3v) is 5.64. The molecular weight excluding hydrogens is 306 g/mol. The van der Waals surface area contributed by atoms with Crippen LogP contribution in [0.5, 0.6) is 0 Å². The van der Waals surface area contributed by atoms with Gasteiger partial charge < -0.3 is 5.32 Å². The first kappa shape index (κ1) is 16.1. The van der Waals surface area contributed by atoms with E-state index in [1.54, 1.807) is 0 Å². The van der Waals surface area contributed by atoms with E-state index in [4.69, 9.17) is 0 Å². The smallest absolute Gasteiger partial charge is 0.0568 e. The van der Waals surface area contributed by atoms with E-state index in [1.165, 1.54) is 27.8 Å². The predicted octanol–water partition coefficient (Wildman–Crippen LogP) is 4.36. The first-order chi connectivity index (χ1) is 12.2. The predicted molar refractivity (Wildman–Crippen MR) is 103 cm³/mol. The summed E-state index contributed by atoms with van der Waals surface area (Å²) in [7, 11) is 0. The Kier molecular flexibility index (Phi) is 4.18.